The van der Waals surface area contributed by atoms with E-state index in [1.165, 1.54) is 11.8 Å². The molecule has 1 amide bonds. The molecule has 0 unspecified atom stereocenters. The van der Waals surface area contributed by atoms with Crippen molar-refractivity contribution in [1.29, 1.82) is 0 Å². The quantitative estimate of drug-likeness (QED) is 0.107. The Balaban J connectivity index is 1.56. The maximum atomic E-state index is 13.3. The van der Waals surface area contributed by atoms with Crippen molar-refractivity contribution in [3.8, 4) is 22.7 Å². The van der Waals surface area contributed by atoms with Gasteiger partial charge in [0.1, 0.15) is 15.8 Å². The first kappa shape index (κ1) is 28.6. The van der Waals surface area contributed by atoms with E-state index in [9.17, 15) is 9.59 Å². The number of hydrogen-bond donors (Lipinski definition) is 0. The summed E-state index contributed by atoms with van der Waals surface area (Å²) in [5.74, 6) is 0.561. The van der Waals surface area contributed by atoms with E-state index in [2.05, 4.69) is 6.07 Å². The highest BCUT2D eigenvalue weighted by atomic mass is 32.2. The van der Waals surface area contributed by atoms with Gasteiger partial charge in [-0.2, -0.15) is 5.10 Å². The highest BCUT2D eigenvalue weighted by Gasteiger charge is 2.32. The van der Waals surface area contributed by atoms with Crippen LogP contribution in [0.25, 0.3) is 23.0 Å². The van der Waals surface area contributed by atoms with E-state index in [-0.39, 0.29) is 11.9 Å². The molecule has 0 atom stereocenters. The average molecular weight is 564 g/mol. The van der Waals surface area contributed by atoms with Gasteiger partial charge in [0.15, 0.2) is 0 Å². The number of hydrogen-bond acceptors (Lipinski definition) is 7. The zero-order valence-electron chi connectivity index (χ0n) is 22.5. The lowest BCUT2D eigenvalue weighted by atomic mass is 10.0. The van der Waals surface area contributed by atoms with Gasteiger partial charge in [-0.25, -0.2) is 4.68 Å². The molecule has 1 aliphatic rings. The van der Waals surface area contributed by atoms with Crippen LogP contribution >= 0.6 is 24.0 Å². The molecule has 9 heteroatoms. The van der Waals surface area contributed by atoms with Crippen LogP contribution in [0.4, 0.5) is 0 Å². The molecule has 0 radical (unpaired) electrons. The van der Waals surface area contributed by atoms with Crippen molar-refractivity contribution in [2.75, 3.05) is 19.8 Å². The molecule has 7 nitrogen and oxygen atoms in total. The van der Waals surface area contributed by atoms with E-state index in [4.69, 9.17) is 26.8 Å². The fourth-order valence-corrected chi connectivity index (χ4v) is 5.63. The van der Waals surface area contributed by atoms with Crippen molar-refractivity contribution >= 4 is 46.3 Å². The molecular formula is C30H33N3O4S2. The number of amides is 1. The van der Waals surface area contributed by atoms with Crippen molar-refractivity contribution < 1.29 is 19.1 Å². The molecule has 0 spiro atoms. The third-order valence-electron chi connectivity index (χ3n) is 6.24. The molecule has 0 N–H and O–H groups in total. The lowest BCUT2D eigenvalue weighted by Gasteiger charge is -2.13. The maximum Gasteiger partial charge on any atom is 0.305 e. The van der Waals surface area contributed by atoms with Crippen LogP contribution in [0.2, 0.25) is 0 Å². The molecule has 3 aromatic rings. The van der Waals surface area contributed by atoms with E-state index in [0.717, 1.165) is 53.1 Å². The molecule has 1 aromatic heterocycles. The van der Waals surface area contributed by atoms with Crippen LogP contribution in [0.15, 0.2) is 59.6 Å². The van der Waals surface area contributed by atoms with Gasteiger partial charge in [0.25, 0.3) is 5.91 Å². The monoisotopic (exact) mass is 563 g/mol. The number of nitrogens with zero attached hydrogens (tertiary/aromatic N) is 3. The molecule has 1 aliphatic heterocycles. The highest BCUT2D eigenvalue weighted by molar-refractivity contribution is 8.26. The minimum Gasteiger partial charge on any atom is -0.494 e. The number of aromatic nitrogens is 2. The summed E-state index contributed by atoms with van der Waals surface area (Å²) in [5.41, 5.74) is 4.49. The largest absolute Gasteiger partial charge is 0.494 e. The second-order valence-electron chi connectivity index (χ2n) is 9.08. The maximum absolute atomic E-state index is 13.3. The average Bonchev–Trinajstić information content (AvgIpc) is 3.46. The highest BCUT2D eigenvalue weighted by Crippen LogP contribution is 2.36. The van der Waals surface area contributed by atoms with Gasteiger partial charge in [0.05, 0.1) is 23.8 Å². The zero-order chi connectivity index (χ0) is 27.8. The molecule has 2 aromatic carbocycles. The van der Waals surface area contributed by atoms with Crippen LogP contribution < -0.4 is 4.74 Å². The summed E-state index contributed by atoms with van der Waals surface area (Å²) in [6, 6.07) is 15.9. The summed E-state index contributed by atoms with van der Waals surface area (Å²) in [4.78, 5) is 27.1. The predicted octanol–water partition coefficient (Wildman–Crippen LogP) is 6.57. The number of benzene rings is 2. The summed E-state index contributed by atoms with van der Waals surface area (Å²) < 4.78 is 13.1. The minimum atomic E-state index is -0.180. The summed E-state index contributed by atoms with van der Waals surface area (Å²) >= 11 is 6.86. The first-order valence-corrected chi connectivity index (χ1v) is 14.4. The predicted molar refractivity (Wildman–Crippen MR) is 160 cm³/mol. The van der Waals surface area contributed by atoms with Gasteiger partial charge in [0, 0.05) is 30.3 Å². The van der Waals surface area contributed by atoms with E-state index >= 15 is 0 Å². The van der Waals surface area contributed by atoms with Crippen LogP contribution in [-0.4, -0.2) is 50.6 Å². The van der Waals surface area contributed by atoms with E-state index in [1.54, 1.807) is 11.8 Å². The van der Waals surface area contributed by atoms with Crippen molar-refractivity contribution in [2.24, 2.45) is 0 Å². The van der Waals surface area contributed by atoms with Gasteiger partial charge >= 0.3 is 5.97 Å². The molecule has 1 fully saturated rings. The first-order valence-electron chi connectivity index (χ1n) is 13.2. The number of unbranched alkanes of at least 4 members (excludes halogenated alkanes) is 2. The SMILES string of the molecule is CCOC(=O)CCCCCN1C(=O)/C(=C/c2cn(-c3ccccc3)nc2-c2ccc(OCC)c(C)c2)SC1=S. The Morgan fingerprint density at radius 2 is 1.87 bits per heavy atom. The lowest BCUT2D eigenvalue weighted by molar-refractivity contribution is -0.143. The molecule has 0 bridgehead atoms. The van der Waals surface area contributed by atoms with Gasteiger partial charge in [-0.15, -0.1) is 0 Å². The summed E-state index contributed by atoms with van der Waals surface area (Å²) in [6.07, 6.45) is 6.53. The topological polar surface area (TPSA) is 73.7 Å². The van der Waals surface area contributed by atoms with E-state index in [1.807, 2.05) is 73.3 Å². The first-order chi connectivity index (χ1) is 18.9. The van der Waals surface area contributed by atoms with Gasteiger partial charge in [-0.1, -0.05) is 48.6 Å². The number of carbonyl (C=O) groups is 2. The van der Waals surface area contributed by atoms with Gasteiger partial charge in [0.2, 0.25) is 0 Å². The molecular weight excluding hydrogens is 530 g/mol. The smallest absolute Gasteiger partial charge is 0.305 e. The number of ether oxygens (including phenoxy) is 2. The van der Waals surface area contributed by atoms with Crippen molar-refractivity contribution in [3.63, 3.8) is 0 Å². The Bertz CT molecular complexity index is 1370. The Morgan fingerprint density at radius 1 is 1.08 bits per heavy atom. The van der Waals surface area contributed by atoms with E-state index < -0.39 is 0 Å². The van der Waals surface area contributed by atoms with Crippen molar-refractivity contribution in [1.82, 2.24) is 14.7 Å². The fraction of sp³-hybridized carbons (Fsp3) is 0.333. The van der Waals surface area contributed by atoms with Gasteiger partial charge in [-0.3, -0.25) is 14.5 Å². The molecule has 2 heterocycles. The Kier molecular flexibility index (Phi) is 9.95. The molecule has 0 saturated carbocycles. The van der Waals surface area contributed by atoms with Crippen LogP contribution in [-0.2, 0) is 14.3 Å². The van der Waals surface area contributed by atoms with E-state index in [0.29, 0.717) is 35.4 Å². The van der Waals surface area contributed by atoms with Gasteiger partial charge in [-0.05, 0) is 75.6 Å². The Hall–Kier alpha value is -3.43. The van der Waals surface area contributed by atoms with Crippen LogP contribution in [0.3, 0.4) is 0 Å². The fourth-order valence-electron chi connectivity index (χ4n) is 4.33. The van der Waals surface area contributed by atoms with Gasteiger partial charge < -0.3 is 9.47 Å². The summed E-state index contributed by atoms with van der Waals surface area (Å²) in [6.45, 7) is 7.30. The summed E-state index contributed by atoms with van der Waals surface area (Å²) in [7, 11) is 0. The lowest BCUT2D eigenvalue weighted by Crippen LogP contribution is -2.29. The molecule has 1 saturated heterocycles. The number of esters is 1. The second kappa shape index (κ2) is 13.6. The molecule has 0 aliphatic carbocycles. The molecule has 39 heavy (non-hydrogen) atoms. The molecule has 4 rings (SSSR count). The van der Waals surface area contributed by atoms with Crippen LogP contribution in [0.5, 0.6) is 5.75 Å². The third-order valence-corrected chi connectivity index (χ3v) is 7.62. The third kappa shape index (κ3) is 7.16. The normalized spacial score (nSPS) is 14.3. The van der Waals surface area contributed by atoms with Crippen LogP contribution in [0, 0.1) is 6.92 Å². The Labute approximate surface area is 239 Å². The molecule has 204 valence electrons. The number of aryl methyl sites for hydroxylation is 1. The zero-order valence-corrected chi connectivity index (χ0v) is 24.1. The van der Waals surface area contributed by atoms with Crippen molar-refractivity contribution in [2.45, 2.75) is 46.5 Å². The minimum absolute atomic E-state index is 0.100. The number of carbonyl (C=O) groups excluding carboxylic acids is 2. The van der Waals surface area contributed by atoms with Crippen LogP contribution in [0.1, 0.15) is 50.7 Å². The summed E-state index contributed by atoms with van der Waals surface area (Å²) in [5, 5.41) is 4.90. The standard InChI is InChI=1S/C30H33N3O4S2/c1-4-36-25-16-15-22(18-21(25)3)28-23(20-33(31-28)24-12-8-6-9-13-24)19-26-29(35)32(30(38)39-26)17-11-7-10-14-27(34)37-5-2/h6,8-9,12-13,15-16,18-20H,4-5,7,10-11,14,17H2,1-3H3/b26-19-. The number of thiocarbonyl (C=S) groups is 1. The Morgan fingerprint density at radius 3 is 2.59 bits per heavy atom. The van der Waals surface area contributed by atoms with Crippen molar-refractivity contribution in [3.05, 3.63) is 70.8 Å². The number of rotatable bonds is 12. The number of thioether (sulfide) groups is 1. The number of para-hydroxylation sites is 1. The second-order valence-corrected chi connectivity index (χ2v) is 10.8.